The van der Waals surface area contributed by atoms with Gasteiger partial charge in [-0.25, -0.2) is 0 Å². The zero-order valence-corrected chi connectivity index (χ0v) is 12.9. The van der Waals surface area contributed by atoms with Gasteiger partial charge in [-0.3, -0.25) is 5.10 Å². The zero-order valence-electron chi connectivity index (χ0n) is 9.78. The van der Waals surface area contributed by atoms with Crippen molar-refractivity contribution in [1.29, 1.82) is 0 Å². The quantitative estimate of drug-likeness (QED) is 0.595. The Kier molecular flexibility index (Phi) is 3.41. The van der Waals surface area contributed by atoms with Gasteiger partial charge in [-0.05, 0) is 28.1 Å². The van der Waals surface area contributed by atoms with E-state index in [0.717, 1.165) is 0 Å². The average molecular weight is 374 g/mol. The van der Waals surface area contributed by atoms with Crippen molar-refractivity contribution >= 4 is 67.6 Å². The molecule has 102 valence electrons. The third-order valence-electron chi connectivity index (χ3n) is 2.62. The number of halogens is 3. The minimum atomic E-state index is 0.128. The van der Waals surface area contributed by atoms with Gasteiger partial charge in [0, 0.05) is 4.47 Å². The molecule has 1 aromatic carbocycles. The standard InChI is InChI=1S/C11H7BrCl2N6/c12-5-1-2-6(8(14)7(5)13)17-9-4-3-16-20-10(4)19-11(15)18-9/h1-3H,(H4,15,16,17,18,19,20). The summed E-state index contributed by atoms with van der Waals surface area (Å²) in [6.07, 6.45) is 1.60. The van der Waals surface area contributed by atoms with Gasteiger partial charge in [0.15, 0.2) is 5.65 Å². The number of anilines is 3. The van der Waals surface area contributed by atoms with Crippen molar-refractivity contribution in [2.75, 3.05) is 11.1 Å². The van der Waals surface area contributed by atoms with E-state index in [1.807, 2.05) is 0 Å². The molecule has 0 spiro atoms. The summed E-state index contributed by atoms with van der Waals surface area (Å²) in [5, 5.41) is 11.2. The molecule has 0 atom stereocenters. The normalized spacial score (nSPS) is 10.9. The minimum absolute atomic E-state index is 0.128. The van der Waals surface area contributed by atoms with Crippen LogP contribution in [0.15, 0.2) is 22.8 Å². The van der Waals surface area contributed by atoms with E-state index in [2.05, 4.69) is 41.4 Å². The highest BCUT2D eigenvalue weighted by molar-refractivity contribution is 9.10. The minimum Gasteiger partial charge on any atom is -0.368 e. The van der Waals surface area contributed by atoms with Crippen molar-refractivity contribution in [3.8, 4) is 0 Å². The predicted octanol–water partition coefficient (Wildman–Crippen LogP) is 3.75. The van der Waals surface area contributed by atoms with Crippen LogP contribution in [-0.4, -0.2) is 20.2 Å². The summed E-state index contributed by atoms with van der Waals surface area (Å²) in [6.45, 7) is 0. The van der Waals surface area contributed by atoms with Gasteiger partial charge in [-0.15, -0.1) is 0 Å². The molecule has 0 aliphatic carbocycles. The Morgan fingerprint density at radius 1 is 1.20 bits per heavy atom. The molecule has 0 saturated carbocycles. The summed E-state index contributed by atoms with van der Waals surface area (Å²) in [5.74, 6) is 0.630. The molecule has 0 unspecified atom stereocenters. The second kappa shape index (κ2) is 5.08. The fourth-order valence-corrected chi connectivity index (χ4v) is 2.52. The molecule has 9 heteroatoms. The van der Waals surface area contributed by atoms with Crippen LogP contribution in [0.25, 0.3) is 11.0 Å². The number of hydrogen-bond donors (Lipinski definition) is 3. The van der Waals surface area contributed by atoms with Crippen LogP contribution >= 0.6 is 39.1 Å². The average Bonchev–Trinajstić information content (AvgIpc) is 2.87. The molecule has 0 fully saturated rings. The molecule has 2 heterocycles. The van der Waals surface area contributed by atoms with Crippen molar-refractivity contribution in [1.82, 2.24) is 20.2 Å². The number of fused-ring (bicyclic) bond motifs is 1. The third kappa shape index (κ3) is 2.28. The Morgan fingerprint density at radius 3 is 2.80 bits per heavy atom. The molecule has 0 saturated heterocycles. The molecular formula is C11H7BrCl2N6. The Labute approximate surface area is 131 Å². The highest BCUT2D eigenvalue weighted by Crippen LogP contribution is 2.37. The first-order valence-corrected chi connectivity index (χ1v) is 6.98. The maximum absolute atomic E-state index is 6.19. The summed E-state index contributed by atoms with van der Waals surface area (Å²) in [4.78, 5) is 8.18. The number of rotatable bonds is 2. The van der Waals surface area contributed by atoms with Crippen molar-refractivity contribution in [2.24, 2.45) is 0 Å². The summed E-state index contributed by atoms with van der Waals surface area (Å²) in [7, 11) is 0. The molecule has 0 radical (unpaired) electrons. The van der Waals surface area contributed by atoms with Crippen molar-refractivity contribution in [2.45, 2.75) is 0 Å². The molecule has 0 aliphatic heterocycles. The number of nitrogen functional groups attached to an aromatic ring is 1. The van der Waals surface area contributed by atoms with Crippen LogP contribution in [-0.2, 0) is 0 Å². The number of aromatic nitrogens is 4. The molecule has 3 rings (SSSR count). The van der Waals surface area contributed by atoms with Gasteiger partial charge in [0.1, 0.15) is 5.82 Å². The van der Waals surface area contributed by atoms with Crippen LogP contribution in [0, 0.1) is 0 Å². The van der Waals surface area contributed by atoms with E-state index in [9.17, 15) is 0 Å². The topological polar surface area (TPSA) is 92.5 Å². The second-order valence-corrected chi connectivity index (χ2v) is 5.52. The van der Waals surface area contributed by atoms with E-state index in [4.69, 9.17) is 28.9 Å². The molecule has 20 heavy (non-hydrogen) atoms. The van der Waals surface area contributed by atoms with E-state index < -0.39 is 0 Å². The van der Waals surface area contributed by atoms with Gasteiger partial charge in [0.2, 0.25) is 5.95 Å². The van der Waals surface area contributed by atoms with Crippen molar-refractivity contribution in [3.63, 3.8) is 0 Å². The number of hydrogen-bond acceptors (Lipinski definition) is 5. The first-order valence-electron chi connectivity index (χ1n) is 5.43. The number of nitrogens with one attached hydrogen (secondary N) is 2. The number of nitrogens with zero attached hydrogens (tertiary/aromatic N) is 3. The Bertz CT molecular complexity index is 803. The highest BCUT2D eigenvalue weighted by atomic mass is 79.9. The summed E-state index contributed by atoms with van der Waals surface area (Å²) in [5.41, 5.74) is 6.81. The summed E-state index contributed by atoms with van der Waals surface area (Å²) < 4.78 is 0.713. The maximum atomic E-state index is 6.19. The Balaban J connectivity index is 2.10. The molecule has 0 aliphatic rings. The van der Waals surface area contributed by atoms with E-state index in [0.29, 0.717) is 37.1 Å². The Hall–Kier alpha value is -1.57. The number of H-pyrrole nitrogens is 1. The van der Waals surface area contributed by atoms with Gasteiger partial charge < -0.3 is 11.1 Å². The van der Waals surface area contributed by atoms with Crippen LogP contribution < -0.4 is 11.1 Å². The van der Waals surface area contributed by atoms with Crippen LogP contribution in [0.3, 0.4) is 0 Å². The SMILES string of the molecule is Nc1nc(Nc2ccc(Br)c(Cl)c2Cl)c2cn[nH]c2n1. The van der Waals surface area contributed by atoms with Crippen LogP contribution in [0.1, 0.15) is 0 Å². The number of nitrogens with two attached hydrogens (primary N) is 1. The maximum Gasteiger partial charge on any atom is 0.224 e. The lowest BCUT2D eigenvalue weighted by atomic mass is 10.3. The lowest BCUT2D eigenvalue weighted by molar-refractivity contribution is 1.09. The van der Waals surface area contributed by atoms with Gasteiger partial charge in [0.25, 0.3) is 0 Å². The van der Waals surface area contributed by atoms with Crippen LogP contribution in [0.2, 0.25) is 10.0 Å². The fraction of sp³-hybridized carbons (Fsp3) is 0. The number of aromatic amines is 1. The fourth-order valence-electron chi connectivity index (χ4n) is 1.70. The molecule has 6 nitrogen and oxygen atoms in total. The predicted molar refractivity (Wildman–Crippen MR) is 83.5 cm³/mol. The van der Waals surface area contributed by atoms with Gasteiger partial charge in [-0.2, -0.15) is 15.1 Å². The number of benzene rings is 1. The molecule has 3 aromatic rings. The van der Waals surface area contributed by atoms with E-state index in [-0.39, 0.29) is 5.95 Å². The van der Waals surface area contributed by atoms with Crippen molar-refractivity contribution < 1.29 is 0 Å². The van der Waals surface area contributed by atoms with Crippen molar-refractivity contribution in [3.05, 3.63) is 32.8 Å². The summed E-state index contributed by atoms with van der Waals surface area (Å²) >= 11 is 15.6. The van der Waals surface area contributed by atoms with Gasteiger partial charge in [-0.1, -0.05) is 23.2 Å². The molecule has 2 aromatic heterocycles. The van der Waals surface area contributed by atoms with Gasteiger partial charge >= 0.3 is 0 Å². The van der Waals surface area contributed by atoms with E-state index in [1.54, 1.807) is 18.3 Å². The van der Waals surface area contributed by atoms with E-state index in [1.165, 1.54) is 0 Å². The van der Waals surface area contributed by atoms with Crippen LogP contribution in [0.5, 0.6) is 0 Å². The summed E-state index contributed by atoms with van der Waals surface area (Å²) in [6, 6.07) is 3.57. The first kappa shape index (κ1) is 13.4. The monoisotopic (exact) mass is 372 g/mol. The third-order valence-corrected chi connectivity index (χ3v) is 4.39. The smallest absolute Gasteiger partial charge is 0.224 e. The molecule has 0 amide bonds. The highest BCUT2D eigenvalue weighted by Gasteiger charge is 2.12. The molecular weight excluding hydrogens is 367 g/mol. The lowest BCUT2D eigenvalue weighted by Gasteiger charge is -2.10. The van der Waals surface area contributed by atoms with Crippen LogP contribution in [0.4, 0.5) is 17.5 Å². The molecule has 4 N–H and O–H groups in total. The van der Waals surface area contributed by atoms with E-state index >= 15 is 0 Å². The zero-order chi connectivity index (χ0) is 14.3. The lowest BCUT2D eigenvalue weighted by Crippen LogP contribution is -2.01. The largest absolute Gasteiger partial charge is 0.368 e. The Morgan fingerprint density at radius 2 is 2.00 bits per heavy atom. The molecule has 0 bridgehead atoms. The van der Waals surface area contributed by atoms with Gasteiger partial charge in [0.05, 0.1) is 27.3 Å². The first-order chi connectivity index (χ1) is 9.56. The second-order valence-electron chi connectivity index (χ2n) is 3.91.